The van der Waals surface area contributed by atoms with Gasteiger partial charge in [0.05, 0.1) is 0 Å². The molecule has 98 valence electrons. The predicted molar refractivity (Wildman–Crippen MR) is 73.4 cm³/mol. The van der Waals surface area contributed by atoms with Crippen LogP contribution in [-0.2, 0) is 0 Å². The second-order valence-electron chi connectivity index (χ2n) is 5.96. The summed E-state index contributed by atoms with van der Waals surface area (Å²) in [4.78, 5) is 4.26. The number of halogens is 1. The van der Waals surface area contributed by atoms with Crippen LogP contribution < -0.4 is 11.1 Å². The second-order valence-corrected chi connectivity index (χ2v) is 5.96. The highest BCUT2D eigenvalue weighted by Crippen LogP contribution is 2.53. The van der Waals surface area contributed by atoms with Gasteiger partial charge in [0.15, 0.2) is 5.96 Å². The lowest BCUT2D eigenvalue weighted by Crippen LogP contribution is -2.57. The normalized spacial score (nSPS) is 43.4. The quantitative estimate of drug-likeness (QED) is 0.588. The fraction of sp³-hybridized carbons (Fsp3) is 0.923. The molecule has 4 saturated carbocycles. The van der Waals surface area contributed by atoms with E-state index in [9.17, 15) is 0 Å². The summed E-state index contributed by atoms with van der Waals surface area (Å²) < 4.78 is 0. The monoisotopic (exact) mass is 257 g/mol. The van der Waals surface area contributed by atoms with E-state index >= 15 is 0 Å². The summed E-state index contributed by atoms with van der Waals surface area (Å²) in [6, 6.07) is 0.628. The first-order chi connectivity index (χ1) is 7.76. The van der Waals surface area contributed by atoms with E-state index in [-0.39, 0.29) is 12.4 Å². The molecule has 4 fully saturated rings. The maximum atomic E-state index is 5.90. The molecule has 4 bridgehead atoms. The molecule has 0 amide bonds. The molecule has 4 aliphatic rings. The van der Waals surface area contributed by atoms with E-state index in [2.05, 4.69) is 10.3 Å². The van der Waals surface area contributed by atoms with E-state index in [4.69, 9.17) is 5.73 Å². The van der Waals surface area contributed by atoms with Gasteiger partial charge < -0.3 is 11.1 Å². The van der Waals surface area contributed by atoms with Gasteiger partial charge in [-0.25, -0.2) is 0 Å². The highest BCUT2D eigenvalue weighted by molar-refractivity contribution is 5.85. The Morgan fingerprint density at radius 3 is 2.12 bits per heavy atom. The van der Waals surface area contributed by atoms with Crippen LogP contribution in [0, 0.1) is 23.7 Å². The van der Waals surface area contributed by atoms with Crippen molar-refractivity contribution in [2.24, 2.45) is 34.4 Å². The van der Waals surface area contributed by atoms with E-state index in [1.54, 1.807) is 0 Å². The van der Waals surface area contributed by atoms with Crippen LogP contribution in [0.25, 0.3) is 0 Å². The highest BCUT2D eigenvalue weighted by atomic mass is 35.5. The Balaban J connectivity index is 0.00000108. The molecule has 0 aromatic carbocycles. The van der Waals surface area contributed by atoms with Crippen LogP contribution >= 0.6 is 12.4 Å². The van der Waals surface area contributed by atoms with Crippen molar-refractivity contribution in [1.29, 1.82) is 0 Å². The first kappa shape index (κ1) is 13.0. The van der Waals surface area contributed by atoms with Crippen LogP contribution in [0.15, 0.2) is 4.99 Å². The summed E-state index contributed by atoms with van der Waals surface area (Å²) in [5, 5.41) is 3.49. The number of nitrogens with two attached hydrogens (primary N) is 1. The Morgan fingerprint density at radius 1 is 1.12 bits per heavy atom. The van der Waals surface area contributed by atoms with Gasteiger partial charge in [-0.05, 0) is 62.7 Å². The Bertz CT molecular complexity index is 275. The molecular weight excluding hydrogens is 234 g/mol. The molecule has 0 radical (unpaired) electrons. The van der Waals surface area contributed by atoms with Crippen molar-refractivity contribution in [2.75, 3.05) is 6.54 Å². The van der Waals surface area contributed by atoms with Crippen molar-refractivity contribution in [2.45, 2.75) is 45.1 Å². The molecule has 0 heterocycles. The summed E-state index contributed by atoms with van der Waals surface area (Å²) >= 11 is 0. The summed E-state index contributed by atoms with van der Waals surface area (Å²) in [6.45, 7) is 2.82. The van der Waals surface area contributed by atoms with Crippen LogP contribution in [-0.4, -0.2) is 18.5 Å². The number of nitrogens with zero attached hydrogens (tertiary/aromatic N) is 1. The summed E-state index contributed by atoms with van der Waals surface area (Å²) in [6.07, 6.45) is 7.25. The van der Waals surface area contributed by atoms with Crippen molar-refractivity contribution >= 4 is 18.4 Å². The van der Waals surface area contributed by atoms with Crippen LogP contribution in [0.1, 0.15) is 39.0 Å². The molecule has 17 heavy (non-hydrogen) atoms. The van der Waals surface area contributed by atoms with Crippen LogP contribution in [0.4, 0.5) is 0 Å². The van der Waals surface area contributed by atoms with Gasteiger partial charge in [-0.2, -0.15) is 0 Å². The average Bonchev–Trinajstić information content (AvgIpc) is 2.23. The van der Waals surface area contributed by atoms with Gasteiger partial charge in [0.25, 0.3) is 0 Å². The molecule has 0 unspecified atom stereocenters. The van der Waals surface area contributed by atoms with E-state index in [0.29, 0.717) is 12.0 Å². The topological polar surface area (TPSA) is 50.4 Å². The Labute approximate surface area is 110 Å². The molecule has 0 aliphatic heterocycles. The molecule has 4 rings (SSSR count). The van der Waals surface area contributed by atoms with Gasteiger partial charge in [-0.3, -0.25) is 4.99 Å². The lowest BCUT2D eigenvalue weighted by atomic mass is 9.54. The lowest BCUT2D eigenvalue weighted by molar-refractivity contribution is -0.00700. The van der Waals surface area contributed by atoms with Crippen molar-refractivity contribution in [3.63, 3.8) is 0 Å². The zero-order chi connectivity index (χ0) is 11.1. The van der Waals surface area contributed by atoms with Crippen molar-refractivity contribution < 1.29 is 0 Å². The molecule has 0 atom stereocenters. The van der Waals surface area contributed by atoms with E-state index in [1.807, 2.05) is 6.92 Å². The third kappa shape index (κ3) is 2.40. The van der Waals surface area contributed by atoms with Gasteiger partial charge in [0, 0.05) is 12.6 Å². The fourth-order valence-electron chi connectivity index (χ4n) is 4.55. The van der Waals surface area contributed by atoms with Crippen LogP contribution in [0.2, 0.25) is 0 Å². The number of hydrogen-bond donors (Lipinski definition) is 2. The Hall–Kier alpha value is -0.440. The van der Waals surface area contributed by atoms with Crippen molar-refractivity contribution in [1.82, 2.24) is 5.32 Å². The van der Waals surface area contributed by atoms with Gasteiger partial charge in [0.1, 0.15) is 0 Å². The van der Waals surface area contributed by atoms with Gasteiger partial charge in [-0.1, -0.05) is 0 Å². The minimum atomic E-state index is 0. The highest BCUT2D eigenvalue weighted by Gasteiger charge is 2.48. The first-order valence-corrected chi connectivity index (χ1v) is 6.82. The number of aliphatic imine (C=N–C) groups is 1. The molecular formula is C13H24ClN3. The van der Waals surface area contributed by atoms with Crippen LogP contribution in [0.3, 0.4) is 0 Å². The SMILES string of the molecule is CCN=C(N)NC1C2CC3CC(C2)CC1C3.Cl. The zero-order valence-corrected chi connectivity index (χ0v) is 11.4. The summed E-state index contributed by atoms with van der Waals surface area (Å²) in [5.74, 6) is 4.48. The van der Waals surface area contributed by atoms with Gasteiger partial charge in [-0.15, -0.1) is 12.4 Å². The van der Waals surface area contributed by atoms with E-state index in [1.165, 1.54) is 32.1 Å². The number of guanidine groups is 1. The largest absolute Gasteiger partial charge is 0.370 e. The fourth-order valence-corrected chi connectivity index (χ4v) is 4.55. The first-order valence-electron chi connectivity index (χ1n) is 6.82. The Kier molecular flexibility index (Phi) is 3.86. The molecule has 0 saturated heterocycles. The molecule has 4 heteroatoms. The maximum absolute atomic E-state index is 5.90. The smallest absolute Gasteiger partial charge is 0.188 e. The number of hydrogen-bond acceptors (Lipinski definition) is 1. The van der Waals surface area contributed by atoms with E-state index in [0.717, 1.165) is 30.2 Å². The summed E-state index contributed by atoms with van der Waals surface area (Å²) in [5.41, 5.74) is 5.90. The molecule has 3 nitrogen and oxygen atoms in total. The molecule has 3 N–H and O–H groups in total. The van der Waals surface area contributed by atoms with E-state index < -0.39 is 0 Å². The molecule has 0 spiro atoms. The summed E-state index contributed by atoms with van der Waals surface area (Å²) in [7, 11) is 0. The van der Waals surface area contributed by atoms with Crippen molar-refractivity contribution in [3.05, 3.63) is 0 Å². The minimum absolute atomic E-state index is 0. The second kappa shape index (κ2) is 5.05. The lowest BCUT2D eigenvalue weighted by Gasteiger charge is -2.54. The maximum Gasteiger partial charge on any atom is 0.188 e. The van der Waals surface area contributed by atoms with Gasteiger partial charge in [0.2, 0.25) is 0 Å². The number of rotatable bonds is 2. The molecule has 4 aliphatic carbocycles. The minimum Gasteiger partial charge on any atom is -0.370 e. The Morgan fingerprint density at radius 2 is 1.65 bits per heavy atom. The van der Waals surface area contributed by atoms with Crippen LogP contribution in [0.5, 0.6) is 0 Å². The zero-order valence-electron chi connectivity index (χ0n) is 10.6. The third-order valence-corrected chi connectivity index (χ3v) is 4.87. The standard InChI is InChI=1S/C13H23N3.ClH/c1-2-15-13(14)16-12-10-4-8-3-9(6-10)7-11(12)5-8;/h8-12H,2-7H2,1H3,(H3,14,15,16);1H. The number of nitrogens with one attached hydrogen (secondary N) is 1. The van der Waals surface area contributed by atoms with Gasteiger partial charge >= 0.3 is 0 Å². The molecule has 0 aromatic heterocycles. The van der Waals surface area contributed by atoms with Crippen molar-refractivity contribution in [3.8, 4) is 0 Å². The predicted octanol–water partition coefficient (Wildman–Crippen LogP) is 2.16. The average molecular weight is 258 g/mol. The molecule has 0 aromatic rings. The third-order valence-electron chi connectivity index (χ3n) is 4.87.